The van der Waals surface area contributed by atoms with Crippen molar-refractivity contribution >= 4 is 17.6 Å². The fraction of sp³-hybridized carbons (Fsp3) is 0.345. The average molecular weight is 475 g/mol. The molecule has 0 saturated heterocycles. The van der Waals surface area contributed by atoms with Crippen LogP contribution in [0, 0.1) is 12.8 Å². The zero-order chi connectivity index (χ0) is 25.4. The number of methoxy groups -OCH3 is 1. The number of amides is 1. The molecule has 1 heterocycles. The van der Waals surface area contributed by atoms with E-state index in [1.165, 1.54) is 6.07 Å². The van der Waals surface area contributed by atoms with Gasteiger partial charge < -0.3 is 15.2 Å². The Morgan fingerprint density at radius 3 is 2.46 bits per heavy atom. The van der Waals surface area contributed by atoms with Gasteiger partial charge in [-0.05, 0) is 48.9 Å². The number of pyridine rings is 1. The van der Waals surface area contributed by atoms with E-state index in [-0.39, 0.29) is 23.8 Å². The number of carboxylic acid groups (broad SMARTS) is 1. The molecule has 1 aromatic heterocycles. The molecule has 6 nitrogen and oxygen atoms in total. The van der Waals surface area contributed by atoms with Crippen LogP contribution in [0.3, 0.4) is 0 Å². The van der Waals surface area contributed by atoms with Gasteiger partial charge in [-0.15, -0.1) is 0 Å². The predicted octanol–water partition coefficient (Wildman–Crippen LogP) is 6.70. The van der Waals surface area contributed by atoms with Gasteiger partial charge in [0.05, 0.1) is 12.7 Å². The van der Waals surface area contributed by atoms with Crippen molar-refractivity contribution < 1.29 is 19.4 Å². The predicted molar refractivity (Wildman–Crippen MR) is 139 cm³/mol. The number of hydrogen-bond donors (Lipinski definition) is 2. The SMILES string of the molecule is COc1ncccc1C(CCCC(C)C)CC(=O)Nc1cc(C(=O)O)ccc1-c1ccc(C)cc1. The molecule has 0 bridgehead atoms. The molecule has 0 fully saturated rings. The van der Waals surface area contributed by atoms with Gasteiger partial charge in [-0.3, -0.25) is 4.79 Å². The number of aryl methyl sites for hydroxylation is 1. The molecule has 0 aliphatic rings. The molecule has 2 N–H and O–H groups in total. The monoisotopic (exact) mass is 474 g/mol. The van der Waals surface area contributed by atoms with Gasteiger partial charge >= 0.3 is 5.97 Å². The number of nitrogens with zero attached hydrogens (tertiary/aromatic N) is 1. The van der Waals surface area contributed by atoms with Crippen molar-refractivity contribution in [3.63, 3.8) is 0 Å². The van der Waals surface area contributed by atoms with Crippen molar-refractivity contribution in [2.45, 2.75) is 52.4 Å². The maximum Gasteiger partial charge on any atom is 0.335 e. The molecule has 35 heavy (non-hydrogen) atoms. The first-order chi connectivity index (χ1) is 16.8. The Hall–Kier alpha value is -3.67. The van der Waals surface area contributed by atoms with Gasteiger partial charge in [-0.25, -0.2) is 9.78 Å². The molecule has 0 aliphatic carbocycles. The minimum atomic E-state index is -1.04. The molecular weight excluding hydrogens is 440 g/mol. The van der Waals surface area contributed by atoms with Crippen molar-refractivity contribution in [3.8, 4) is 17.0 Å². The van der Waals surface area contributed by atoms with Crippen LogP contribution in [-0.4, -0.2) is 29.1 Å². The number of rotatable bonds is 11. The smallest absolute Gasteiger partial charge is 0.335 e. The van der Waals surface area contributed by atoms with Crippen LogP contribution in [0.25, 0.3) is 11.1 Å². The molecule has 3 rings (SSSR count). The normalized spacial score (nSPS) is 11.8. The number of aromatic nitrogens is 1. The highest BCUT2D eigenvalue weighted by atomic mass is 16.5. The number of aromatic carboxylic acids is 1. The summed E-state index contributed by atoms with van der Waals surface area (Å²) in [5.41, 5.74) is 4.32. The van der Waals surface area contributed by atoms with E-state index in [0.717, 1.165) is 41.5 Å². The third kappa shape index (κ3) is 7.15. The largest absolute Gasteiger partial charge is 0.481 e. The van der Waals surface area contributed by atoms with Crippen LogP contribution in [0.2, 0.25) is 0 Å². The second-order valence-corrected chi connectivity index (χ2v) is 9.31. The van der Waals surface area contributed by atoms with Crippen LogP contribution in [0.5, 0.6) is 5.88 Å². The zero-order valence-corrected chi connectivity index (χ0v) is 20.9. The van der Waals surface area contributed by atoms with Gasteiger partial charge in [-0.1, -0.05) is 68.7 Å². The van der Waals surface area contributed by atoms with E-state index < -0.39 is 5.97 Å². The molecule has 1 unspecified atom stereocenters. The van der Waals surface area contributed by atoms with Gasteiger partial charge in [-0.2, -0.15) is 0 Å². The minimum Gasteiger partial charge on any atom is -0.481 e. The highest BCUT2D eigenvalue weighted by molar-refractivity contribution is 5.99. The second kappa shape index (κ2) is 12.2. The summed E-state index contributed by atoms with van der Waals surface area (Å²) < 4.78 is 5.47. The standard InChI is InChI=1S/C29H34N2O4/c1-19(2)7-5-8-22(25-9-6-16-30-28(25)35-4)18-27(32)31-26-17-23(29(33)34)14-15-24(26)21-12-10-20(3)11-13-21/h6,9-17,19,22H,5,7-8,18H2,1-4H3,(H,31,32)(H,33,34). The number of hydrogen-bond acceptors (Lipinski definition) is 4. The first-order valence-electron chi connectivity index (χ1n) is 12.0. The summed E-state index contributed by atoms with van der Waals surface area (Å²) in [5.74, 6) is -0.175. The van der Waals surface area contributed by atoms with Crippen LogP contribution in [0.15, 0.2) is 60.8 Å². The molecule has 0 radical (unpaired) electrons. The topological polar surface area (TPSA) is 88.5 Å². The third-order valence-electron chi connectivity index (χ3n) is 6.10. The Kier molecular flexibility index (Phi) is 9.01. The fourth-order valence-corrected chi connectivity index (χ4v) is 4.22. The summed E-state index contributed by atoms with van der Waals surface area (Å²) in [7, 11) is 1.59. The summed E-state index contributed by atoms with van der Waals surface area (Å²) >= 11 is 0. The number of carbonyl (C=O) groups excluding carboxylic acids is 1. The summed E-state index contributed by atoms with van der Waals surface area (Å²) in [4.78, 5) is 29.2. The fourth-order valence-electron chi connectivity index (χ4n) is 4.22. The molecule has 1 amide bonds. The van der Waals surface area contributed by atoms with Crippen LogP contribution in [-0.2, 0) is 4.79 Å². The highest BCUT2D eigenvalue weighted by Gasteiger charge is 2.22. The molecule has 0 aliphatic heterocycles. The molecular formula is C29H34N2O4. The van der Waals surface area contributed by atoms with Crippen LogP contribution < -0.4 is 10.1 Å². The lowest BCUT2D eigenvalue weighted by atomic mass is 9.89. The van der Waals surface area contributed by atoms with Crippen molar-refractivity contribution in [1.82, 2.24) is 4.98 Å². The first kappa shape index (κ1) is 25.9. The van der Waals surface area contributed by atoms with Gasteiger partial charge in [0.1, 0.15) is 0 Å². The average Bonchev–Trinajstić information content (AvgIpc) is 2.83. The lowest BCUT2D eigenvalue weighted by Gasteiger charge is -2.20. The summed E-state index contributed by atoms with van der Waals surface area (Å²) in [6, 6.07) is 16.6. The van der Waals surface area contributed by atoms with E-state index in [0.29, 0.717) is 17.5 Å². The maximum atomic E-state index is 13.3. The molecule has 6 heteroatoms. The van der Waals surface area contributed by atoms with Gasteiger partial charge in [0, 0.05) is 29.4 Å². The lowest BCUT2D eigenvalue weighted by molar-refractivity contribution is -0.116. The minimum absolute atomic E-state index is 0.0668. The number of nitrogens with one attached hydrogen (secondary N) is 1. The lowest BCUT2D eigenvalue weighted by Crippen LogP contribution is -2.17. The molecule has 2 aromatic carbocycles. The molecule has 0 saturated carbocycles. The van der Waals surface area contributed by atoms with Crippen LogP contribution >= 0.6 is 0 Å². The van der Waals surface area contributed by atoms with Crippen LogP contribution in [0.1, 0.15) is 66.9 Å². The van der Waals surface area contributed by atoms with Gasteiger partial charge in [0.25, 0.3) is 0 Å². The van der Waals surface area contributed by atoms with E-state index in [1.54, 1.807) is 25.4 Å². The highest BCUT2D eigenvalue weighted by Crippen LogP contribution is 2.34. The molecule has 3 aromatic rings. The Morgan fingerprint density at radius 1 is 1.06 bits per heavy atom. The Labute approximate surface area is 207 Å². The zero-order valence-electron chi connectivity index (χ0n) is 20.9. The van der Waals surface area contributed by atoms with Crippen molar-refractivity contribution in [3.05, 3.63) is 77.5 Å². The van der Waals surface area contributed by atoms with Crippen molar-refractivity contribution in [2.75, 3.05) is 12.4 Å². The van der Waals surface area contributed by atoms with Crippen molar-refractivity contribution in [2.24, 2.45) is 5.92 Å². The molecule has 184 valence electrons. The van der Waals surface area contributed by atoms with Crippen LogP contribution in [0.4, 0.5) is 5.69 Å². The number of benzene rings is 2. The summed E-state index contributed by atoms with van der Waals surface area (Å²) in [6.07, 6.45) is 4.80. The van der Waals surface area contributed by atoms with E-state index in [2.05, 4.69) is 24.1 Å². The number of carboxylic acids is 1. The third-order valence-corrected chi connectivity index (χ3v) is 6.10. The summed E-state index contributed by atoms with van der Waals surface area (Å²) in [6.45, 7) is 6.38. The second-order valence-electron chi connectivity index (χ2n) is 9.31. The van der Waals surface area contributed by atoms with Gasteiger partial charge in [0.15, 0.2) is 0 Å². The first-order valence-corrected chi connectivity index (χ1v) is 12.0. The molecule has 0 spiro atoms. The summed E-state index contributed by atoms with van der Waals surface area (Å²) in [5, 5.41) is 12.5. The Bertz CT molecular complexity index is 1160. The van der Waals surface area contributed by atoms with Crippen molar-refractivity contribution in [1.29, 1.82) is 0 Å². The number of anilines is 1. The van der Waals surface area contributed by atoms with Gasteiger partial charge in [0.2, 0.25) is 11.8 Å². The quantitative estimate of drug-likeness (QED) is 0.323. The Morgan fingerprint density at radius 2 is 1.80 bits per heavy atom. The number of ether oxygens (including phenoxy) is 1. The molecule has 1 atom stereocenters. The van der Waals surface area contributed by atoms with E-state index >= 15 is 0 Å². The van der Waals surface area contributed by atoms with E-state index in [9.17, 15) is 14.7 Å². The number of carbonyl (C=O) groups is 2. The Balaban J connectivity index is 1.88. The van der Waals surface area contributed by atoms with E-state index in [1.807, 2.05) is 43.3 Å². The maximum absolute atomic E-state index is 13.3. The van der Waals surface area contributed by atoms with E-state index in [4.69, 9.17) is 4.74 Å².